The van der Waals surface area contributed by atoms with Crippen LogP contribution in [0.5, 0.6) is 0 Å². The number of amides is 1. The molecule has 0 unspecified atom stereocenters. The van der Waals surface area contributed by atoms with Gasteiger partial charge in [-0.3, -0.25) is 4.79 Å². The largest absolute Gasteiger partial charge is 0.321 e. The van der Waals surface area contributed by atoms with E-state index in [0.29, 0.717) is 0 Å². The minimum atomic E-state index is -0.0430. The molecule has 1 amide bonds. The Bertz CT molecular complexity index is 609. The number of hydrogen-bond donors (Lipinski definition) is 1. The van der Waals surface area contributed by atoms with Gasteiger partial charge in [-0.2, -0.15) is 0 Å². The van der Waals surface area contributed by atoms with E-state index in [2.05, 4.69) is 5.32 Å². The Kier molecular flexibility index (Phi) is 3.70. The molecule has 0 aliphatic carbocycles. The standard InChI is InChI=1S/C17H19NO/c1-11-7-6-10-15(14(11)4)17(19)18-16-12(2)8-5-9-13(16)3/h5-10H,1-4H3,(H,18,19). The summed E-state index contributed by atoms with van der Waals surface area (Å²) in [6.07, 6.45) is 0. The van der Waals surface area contributed by atoms with Crippen LogP contribution in [0.15, 0.2) is 36.4 Å². The highest BCUT2D eigenvalue weighted by molar-refractivity contribution is 6.06. The van der Waals surface area contributed by atoms with Gasteiger partial charge in [-0.05, 0) is 56.0 Å². The summed E-state index contributed by atoms with van der Waals surface area (Å²) in [5.74, 6) is -0.0430. The van der Waals surface area contributed by atoms with E-state index in [1.807, 2.05) is 64.1 Å². The summed E-state index contributed by atoms with van der Waals surface area (Å²) < 4.78 is 0. The van der Waals surface area contributed by atoms with Crippen molar-refractivity contribution in [1.29, 1.82) is 0 Å². The molecule has 1 N–H and O–H groups in total. The smallest absolute Gasteiger partial charge is 0.255 e. The fraction of sp³-hybridized carbons (Fsp3) is 0.235. The number of aryl methyl sites for hydroxylation is 3. The van der Waals surface area contributed by atoms with Gasteiger partial charge in [0.05, 0.1) is 0 Å². The summed E-state index contributed by atoms with van der Waals surface area (Å²) in [6.45, 7) is 8.01. The van der Waals surface area contributed by atoms with E-state index in [-0.39, 0.29) is 5.91 Å². The molecule has 2 rings (SSSR count). The van der Waals surface area contributed by atoms with Gasteiger partial charge in [0.25, 0.3) is 5.91 Å². The molecule has 0 heterocycles. The van der Waals surface area contributed by atoms with E-state index in [9.17, 15) is 4.79 Å². The van der Waals surface area contributed by atoms with Gasteiger partial charge in [0.1, 0.15) is 0 Å². The molecule has 2 aromatic carbocycles. The zero-order valence-corrected chi connectivity index (χ0v) is 11.9. The molecule has 2 aromatic rings. The van der Waals surface area contributed by atoms with Gasteiger partial charge in [0.2, 0.25) is 0 Å². The van der Waals surface area contributed by atoms with Gasteiger partial charge < -0.3 is 5.32 Å². The highest BCUT2D eigenvalue weighted by Crippen LogP contribution is 2.21. The minimum absolute atomic E-state index is 0.0430. The number of benzene rings is 2. The second-order valence-corrected chi connectivity index (χ2v) is 4.97. The fourth-order valence-corrected chi connectivity index (χ4v) is 2.19. The van der Waals surface area contributed by atoms with Crippen molar-refractivity contribution >= 4 is 11.6 Å². The molecule has 0 spiro atoms. The Morgan fingerprint density at radius 3 is 2.00 bits per heavy atom. The number of nitrogens with one attached hydrogen (secondary N) is 1. The normalized spacial score (nSPS) is 10.3. The molecule has 2 heteroatoms. The molecule has 0 fully saturated rings. The Balaban J connectivity index is 2.34. The second-order valence-electron chi connectivity index (χ2n) is 4.97. The molecule has 0 radical (unpaired) electrons. The average molecular weight is 253 g/mol. The first-order valence-corrected chi connectivity index (χ1v) is 6.44. The van der Waals surface area contributed by atoms with Gasteiger partial charge in [0, 0.05) is 11.3 Å². The summed E-state index contributed by atoms with van der Waals surface area (Å²) in [5.41, 5.74) is 5.98. The van der Waals surface area contributed by atoms with Gasteiger partial charge in [0.15, 0.2) is 0 Å². The van der Waals surface area contributed by atoms with Crippen molar-refractivity contribution in [1.82, 2.24) is 0 Å². The quantitative estimate of drug-likeness (QED) is 0.855. The first kappa shape index (κ1) is 13.3. The summed E-state index contributed by atoms with van der Waals surface area (Å²) in [4.78, 5) is 12.4. The molecular formula is C17H19NO. The topological polar surface area (TPSA) is 29.1 Å². The van der Waals surface area contributed by atoms with Gasteiger partial charge in [-0.15, -0.1) is 0 Å². The highest BCUT2D eigenvalue weighted by Gasteiger charge is 2.12. The molecule has 19 heavy (non-hydrogen) atoms. The van der Waals surface area contributed by atoms with E-state index in [0.717, 1.165) is 33.5 Å². The molecule has 0 saturated carbocycles. The molecule has 98 valence electrons. The molecule has 0 aliphatic rings. The lowest BCUT2D eigenvalue weighted by molar-refractivity contribution is 0.102. The Labute approximate surface area is 114 Å². The van der Waals surface area contributed by atoms with Gasteiger partial charge >= 0.3 is 0 Å². The van der Waals surface area contributed by atoms with Crippen molar-refractivity contribution in [3.8, 4) is 0 Å². The second kappa shape index (κ2) is 5.27. The van der Waals surface area contributed by atoms with Crippen LogP contribution < -0.4 is 5.32 Å². The van der Waals surface area contributed by atoms with Crippen LogP contribution in [0.1, 0.15) is 32.6 Å². The third-order valence-corrected chi connectivity index (χ3v) is 3.57. The predicted molar refractivity (Wildman–Crippen MR) is 79.8 cm³/mol. The lowest BCUT2D eigenvalue weighted by atomic mass is 10.0. The molecule has 0 atom stereocenters. The van der Waals surface area contributed by atoms with Crippen LogP contribution in [0.3, 0.4) is 0 Å². The monoisotopic (exact) mass is 253 g/mol. The van der Waals surface area contributed by atoms with Crippen LogP contribution >= 0.6 is 0 Å². The number of hydrogen-bond acceptors (Lipinski definition) is 1. The first-order chi connectivity index (χ1) is 9.00. The van der Waals surface area contributed by atoms with Crippen LogP contribution in [0, 0.1) is 27.7 Å². The maximum Gasteiger partial charge on any atom is 0.255 e. The van der Waals surface area contributed by atoms with Crippen molar-refractivity contribution in [2.24, 2.45) is 0 Å². The van der Waals surface area contributed by atoms with E-state index in [1.165, 1.54) is 0 Å². The zero-order chi connectivity index (χ0) is 14.0. The van der Waals surface area contributed by atoms with Crippen LogP contribution in [0.25, 0.3) is 0 Å². The van der Waals surface area contributed by atoms with E-state index in [4.69, 9.17) is 0 Å². The van der Waals surface area contributed by atoms with E-state index >= 15 is 0 Å². The Morgan fingerprint density at radius 1 is 0.842 bits per heavy atom. The molecule has 0 aromatic heterocycles. The first-order valence-electron chi connectivity index (χ1n) is 6.44. The Hall–Kier alpha value is -2.09. The fourth-order valence-electron chi connectivity index (χ4n) is 2.19. The zero-order valence-electron chi connectivity index (χ0n) is 11.9. The average Bonchev–Trinajstić information content (AvgIpc) is 2.37. The van der Waals surface area contributed by atoms with E-state index < -0.39 is 0 Å². The van der Waals surface area contributed by atoms with Crippen LogP contribution in [0.4, 0.5) is 5.69 Å². The summed E-state index contributed by atoms with van der Waals surface area (Å²) in [5, 5.41) is 3.02. The molecule has 0 bridgehead atoms. The van der Waals surface area contributed by atoms with Crippen molar-refractivity contribution < 1.29 is 4.79 Å². The molecular weight excluding hydrogens is 234 g/mol. The number of rotatable bonds is 2. The van der Waals surface area contributed by atoms with Crippen molar-refractivity contribution in [3.63, 3.8) is 0 Å². The van der Waals surface area contributed by atoms with Crippen molar-refractivity contribution in [2.75, 3.05) is 5.32 Å². The number of para-hydroxylation sites is 1. The molecule has 0 aliphatic heterocycles. The summed E-state index contributed by atoms with van der Waals surface area (Å²) >= 11 is 0. The van der Waals surface area contributed by atoms with E-state index in [1.54, 1.807) is 0 Å². The van der Waals surface area contributed by atoms with Crippen LogP contribution in [-0.2, 0) is 0 Å². The van der Waals surface area contributed by atoms with Crippen molar-refractivity contribution in [3.05, 3.63) is 64.2 Å². The third-order valence-electron chi connectivity index (χ3n) is 3.57. The summed E-state index contributed by atoms with van der Waals surface area (Å²) in [6, 6.07) is 11.8. The Morgan fingerprint density at radius 2 is 1.37 bits per heavy atom. The van der Waals surface area contributed by atoms with Crippen LogP contribution in [-0.4, -0.2) is 5.91 Å². The van der Waals surface area contributed by atoms with Gasteiger partial charge in [-0.25, -0.2) is 0 Å². The number of anilines is 1. The lowest BCUT2D eigenvalue weighted by Crippen LogP contribution is -2.15. The number of carbonyl (C=O) groups is 1. The van der Waals surface area contributed by atoms with Crippen LogP contribution in [0.2, 0.25) is 0 Å². The minimum Gasteiger partial charge on any atom is -0.321 e. The third kappa shape index (κ3) is 2.68. The maximum atomic E-state index is 12.4. The highest BCUT2D eigenvalue weighted by atomic mass is 16.1. The molecule has 2 nitrogen and oxygen atoms in total. The molecule has 0 saturated heterocycles. The SMILES string of the molecule is Cc1cccc(C(=O)Nc2c(C)cccc2C)c1C. The number of carbonyl (C=O) groups excluding carboxylic acids is 1. The summed E-state index contributed by atoms with van der Waals surface area (Å²) in [7, 11) is 0. The van der Waals surface area contributed by atoms with Gasteiger partial charge in [-0.1, -0.05) is 30.3 Å². The van der Waals surface area contributed by atoms with Crippen molar-refractivity contribution in [2.45, 2.75) is 27.7 Å². The predicted octanol–water partition coefficient (Wildman–Crippen LogP) is 4.17. The maximum absolute atomic E-state index is 12.4. The lowest BCUT2D eigenvalue weighted by Gasteiger charge is -2.13.